The Morgan fingerprint density at radius 3 is 2.70 bits per heavy atom. The Morgan fingerprint density at radius 2 is 2.15 bits per heavy atom. The number of nitrogens with zero attached hydrogens (tertiary/aromatic N) is 2. The molecule has 0 fully saturated rings. The van der Waals surface area contributed by atoms with Crippen LogP contribution in [0.15, 0.2) is 35.5 Å². The van der Waals surface area contributed by atoms with Crippen LogP contribution in [0, 0.1) is 6.92 Å². The molecule has 1 heterocycles. The monoisotopic (exact) mass is 295 g/mol. The number of aryl methyl sites for hydroxylation is 2. The third-order valence-corrected chi connectivity index (χ3v) is 3.79. The minimum absolute atomic E-state index is 0.0922. The average molecular weight is 295 g/mol. The van der Waals surface area contributed by atoms with E-state index in [1.807, 2.05) is 13.2 Å². The van der Waals surface area contributed by atoms with Gasteiger partial charge in [-0.25, -0.2) is 13.6 Å². The van der Waals surface area contributed by atoms with Crippen LogP contribution in [-0.2, 0) is 23.5 Å². The molecule has 0 aliphatic carbocycles. The lowest BCUT2D eigenvalue weighted by atomic mass is 10.2. The number of aromatic nitrogens is 2. The number of benzene rings is 1. The predicted octanol–water partition coefficient (Wildman–Crippen LogP) is 0.997. The van der Waals surface area contributed by atoms with Gasteiger partial charge in [-0.3, -0.25) is 4.68 Å². The molecule has 0 saturated carbocycles. The Hall–Kier alpha value is -1.86. The summed E-state index contributed by atoms with van der Waals surface area (Å²) in [6, 6.07) is 4.58. The maximum Gasteiger partial charge on any atom is 0.238 e. The quantitative estimate of drug-likeness (QED) is 0.891. The summed E-state index contributed by atoms with van der Waals surface area (Å²) in [4.78, 5) is 0.0922. The summed E-state index contributed by atoms with van der Waals surface area (Å²) < 4.78 is 29.8. The highest BCUT2D eigenvalue weighted by molar-refractivity contribution is 7.89. The topological polar surface area (TPSA) is 87.2 Å². The van der Waals surface area contributed by atoms with Gasteiger partial charge in [0.25, 0.3) is 0 Å². The first kappa shape index (κ1) is 14.5. The zero-order valence-electron chi connectivity index (χ0n) is 11.4. The van der Waals surface area contributed by atoms with E-state index < -0.39 is 10.0 Å². The van der Waals surface area contributed by atoms with E-state index in [4.69, 9.17) is 9.88 Å². The lowest BCUT2D eigenvalue weighted by molar-refractivity contribution is 0.319. The molecule has 0 saturated heterocycles. The van der Waals surface area contributed by atoms with E-state index in [-0.39, 0.29) is 4.90 Å². The van der Waals surface area contributed by atoms with Crippen molar-refractivity contribution in [2.75, 3.05) is 6.61 Å². The molecule has 0 unspecified atom stereocenters. The summed E-state index contributed by atoms with van der Waals surface area (Å²) in [6.45, 7) is 2.29. The fourth-order valence-electron chi connectivity index (χ4n) is 1.84. The highest BCUT2D eigenvalue weighted by Gasteiger charge is 2.10. The molecular formula is C13H17N3O3S. The summed E-state index contributed by atoms with van der Waals surface area (Å²) in [7, 11) is -1.81. The highest BCUT2D eigenvalue weighted by Crippen LogP contribution is 2.21. The largest absolute Gasteiger partial charge is 0.493 e. The number of nitrogens with two attached hydrogens (primary N) is 1. The predicted molar refractivity (Wildman–Crippen MR) is 75.0 cm³/mol. The Bertz CT molecular complexity index is 707. The third kappa shape index (κ3) is 3.58. The van der Waals surface area contributed by atoms with Gasteiger partial charge in [-0.1, -0.05) is 0 Å². The van der Waals surface area contributed by atoms with E-state index in [1.54, 1.807) is 23.9 Å². The molecule has 108 valence electrons. The lowest BCUT2D eigenvalue weighted by Gasteiger charge is -2.09. The zero-order valence-corrected chi connectivity index (χ0v) is 12.2. The van der Waals surface area contributed by atoms with Crippen LogP contribution < -0.4 is 9.88 Å². The summed E-state index contributed by atoms with van der Waals surface area (Å²) in [5.74, 6) is 0.654. The Labute approximate surface area is 118 Å². The second-order valence-electron chi connectivity index (χ2n) is 4.59. The van der Waals surface area contributed by atoms with Crippen molar-refractivity contribution < 1.29 is 13.2 Å². The first-order chi connectivity index (χ1) is 9.36. The van der Waals surface area contributed by atoms with E-state index in [9.17, 15) is 8.42 Å². The molecule has 1 aromatic heterocycles. The van der Waals surface area contributed by atoms with Crippen LogP contribution in [0.2, 0.25) is 0 Å². The van der Waals surface area contributed by atoms with Crippen LogP contribution in [0.1, 0.15) is 11.1 Å². The molecule has 0 atom stereocenters. The van der Waals surface area contributed by atoms with Gasteiger partial charge in [-0.2, -0.15) is 5.10 Å². The summed E-state index contributed by atoms with van der Waals surface area (Å²) >= 11 is 0. The molecule has 6 nitrogen and oxygen atoms in total. The van der Waals surface area contributed by atoms with Crippen LogP contribution in [0.3, 0.4) is 0 Å². The Morgan fingerprint density at radius 1 is 1.40 bits per heavy atom. The van der Waals surface area contributed by atoms with Crippen LogP contribution in [0.4, 0.5) is 0 Å². The molecule has 0 aliphatic heterocycles. The molecule has 0 spiro atoms. The summed E-state index contributed by atoms with van der Waals surface area (Å²) in [5, 5.41) is 9.16. The smallest absolute Gasteiger partial charge is 0.238 e. The molecule has 20 heavy (non-hydrogen) atoms. The first-order valence-corrected chi connectivity index (χ1v) is 7.64. The Kier molecular flexibility index (Phi) is 4.10. The number of ether oxygens (including phenoxy) is 1. The number of sulfonamides is 1. The molecule has 2 N–H and O–H groups in total. The SMILES string of the molecule is Cc1cc(S(N)(=O)=O)ccc1OCCc1cnn(C)c1. The molecule has 0 radical (unpaired) electrons. The molecule has 0 bridgehead atoms. The minimum atomic E-state index is -3.67. The number of rotatable bonds is 5. The molecule has 0 aliphatic rings. The van der Waals surface area contributed by atoms with Gasteiger partial charge in [0.2, 0.25) is 10.0 Å². The number of primary sulfonamides is 1. The Balaban J connectivity index is 2.00. The van der Waals surface area contributed by atoms with Gasteiger partial charge < -0.3 is 4.74 Å². The van der Waals surface area contributed by atoms with Gasteiger partial charge in [-0.05, 0) is 36.2 Å². The van der Waals surface area contributed by atoms with Crippen molar-refractivity contribution in [2.24, 2.45) is 12.2 Å². The van der Waals surface area contributed by atoms with E-state index >= 15 is 0 Å². The first-order valence-electron chi connectivity index (χ1n) is 6.10. The standard InChI is InChI=1S/C13H17N3O3S/c1-10-7-12(20(14,17)18)3-4-13(10)19-6-5-11-8-15-16(2)9-11/h3-4,7-9H,5-6H2,1-2H3,(H2,14,17,18). The average Bonchev–Trinajstić information content (AvgIpc) is 2.76. The second-order valence-corrected chi connectivity index (χ2v) is 6.15. The van der Waals surface area contributed by atoms with Crippen molar-refractivity contribution in [3.63, 3.8) is 0 Å². The van der Waals surface area contributed by atoms with Crippen molar-refractivity contribution in [3.05, 3.63) is 41.7 Å². The van der Waals surface area contributed by atoms with Gasteiger partial charge in [0.05, 0.1) is 17.7 Å². The van der Waals surface area contributed by atoms with Crippen LogP contribution in [0.25, 0.3) is 0 Å². The summed E-state index contributed by atoms with van der Waals surface area (Å²) in [5.41, 5.74) is 1.83. The normalized spacial score (nSPS) is 11.6. The highest BCUT2D eigenvalue weighted by atomic mass is 32.2. The molecular weight excluding hydrogens is 278 g/mol. The molecule has 2 rings (SSSR count). The van der Waals surface area contributed by atoms with Gasteiger partial charge >= 0.3 is 0 Å². The van der Waals surface area contributed by atoms with Crippen LogP contribution in [-0.4, -0.2) is 24.8 Å². The zero-order chi connectivity index (χ0) is 14.8. The van der Waals surface area contributed by atoms with Crippen molar-refractivity contribution in [3.8, 4) is 5.75 Å². The van der Waals surface area contributed by atoms with Gasteiger partial charge in [0.1, 0.15) is 5.75 Å². The van der Waals surface area contributed by atoms with Crippen molar-refractivity contribution in [1.29, 1.82) is 0 Å². The minimum Gasteiger partial charge on any atom is -0.493 e. The van der Waals surface area contributed by atoms with E-state index in [2.05, 4.69) is 5.10 Å². The molecule has 7 heteroatoms. The lowest BCUT2D eigenvalue weighted by Crippen LogP contribution is -2.12. The van der Waals surface area contributed by atoms with Crippen LogP contribution >= 0.6 is 0 Å². The summed E-state index contributed by atoms with van der Waals surface area (Å²) in [6.07, 6.45) is 4.46. The molecule has 0 amide bonds. The van der Waals surface area contributed by atoms with E-state index in [0.29, 0.717) is 12.4 Å². The fourth-order valence-corrected chi connectivity index (χ4v) is 2.44. The number of hydrogen-bond acceptors (Lipinski definition) is 4. The van der Waals surface area contributed by atoms with Crippen molar-refractivity contribution >= 4 is 10.0 Å². The third-order valence-electron chi connectivity index (χ3n) is 2.88. The van der Waals surface area contributed by atoms with E-state index in [0.717, 1.165) is 17.5 Å². The maximum atomic E-state index is 11.2. The molecule has 1 aromatic carbocycles. The maximum absolute atomic E-state index is 11.2. The van der Waals surface area contributed by atoms with Crippen molar-refractivity contribution in [1.82, 2.24) is 9.78 Å². The van der Waals surface area contributed by atoms with E-state index in [1.165, 1.54) is 12.1 Å². The van der Waals surface area contributed by atoms with Gasteiger partial charge in [0, 0.05) is 19.7 Å². The van der Waals surface area contributed by atoms with Gasteiger partial charge in [0.15, 0.2) is 0 Å². The van der Waals surface area contributed by atoms with Crippen molar-refractivity contribution in [2.45, 2.75) is 18.2 Å². The van der Waals surface area contributed by atoms with Crippen LogP contribution in [0.5, 0.6) is 5.75 Å². The second kappa shape index (κ2) is 5.64. The number of hydrogen-bond donors (Lipinski definition) is 1. The fraction of sp³-hybridized carbons (Fsp3) is 0.308. The molecule has 2 aromatic rings. The van der Waals surface area contributed by atoms with Gasteiger partial charge in [-0.15, -0.1) is 0 Å².